The molecule has 1 aliphatic heterocycles. The number of carbonyl (C=O) groups excluding carboxylic acids is 2. The summed E-state index contributed by atoms with van der Waals surface area (Å²) < 4.78 is 45.4. The molecule has 1 fully saturated rings. The Morgan fingerprint density at radius 1 is 1.29 bits per heavy atom. The molecule has 0 unspecified atom stereocenters. The van der Waals surface area contributed by atoms with Crippen LogP contribution in [0.2, 0.25) is 0 Å². The zero-order chi connectivity index (χ0) is 17.7. The standard InChI is InChI=1S/C15H17F3N2O4/c1-23-14(22)10-4-6-20(7-5-10)13(21)11-2-3-12(19-8-11)24-9-15(16,17)18/h2-3,8,10H,4-7,9H2,1H3. The number of hydrogen-bond acceptors (Lipinski definition) is 5. The van der Waals surface area contributed by atoms with Crippen LogP contribution in [0.4, 0.5) is 13.2 Å². The third-order valence-electron chi connectivity index (χ3n) is 3.68. The number of pyridine rings is 1. The van der Waals surface area contributed by atoms with Crippen LogP contribution in [0, 0.1) is 5.92 Å². The highest BCUT2D eigenvalue weighted by atomic mass is 19.4. The number of likely N-dealkylation sites (tertiary alicyclic amines) is 1. The van der Waals surface area contributed by atoms with Gasteiger partial charge < -0.3 is 14.4 Å². The van der Waals surface area contributed by atoms with E-state index in [1.54, 1.807) is 4.90 Å². The number of amides is 1. The molecule has 0 radical (unpaired) electrons. The van der Waals surface area contributed by atoms with Gasteiger partial charge in [-0.05, 0) is 18.9 Å². The summed E-state index contributed by atoms with van der Waals surface area (Å²) in [7, 11) is 1.33. The Bertz CT molecular complexity index is 581. The molecule has 1 aliphatic rings. The fourth-order valence-electron chi connectivity index (χ4n) is 2.42. The Balaban J connectivity index is 1.90. The Labute approximate surface area is 136 Å². The minimum atomic E-state index is -4.44. The van der Waals surface area contributed by atoms with Crippen molar-refractivity contribution in [1.82, 2.24) is 9.88 Å². The molecular weight excluding hydrogens is 329 g/mol. The molecule has 0 spiro atoms. The number of carbonyl (C=O) groups is 2. The second-order valence-electron chi connectivity index (χ2n) is 5.38. The molecule has 0 saturated carbocycles. The van der Waals surface area contributed by atoms with E-state index in [4.69, 9.17) is 0 Å². The zero-order valence-electron chi connectivity index (χ0n) is 13.0. The molecule has 2 rings (SSSR count). The van der Waals surface area contributed by atoms with Crippen LogP contribution in [-0.4, -0.2) is 54.7 Å². The second kappa shape index (κ2) is 7.50. The van der Waals surface area contributed by atoms with Crippen molar-refractivity contribution < 1.29 is 32.2 Å². The van der Waals surface area contributed by atoms with Crippen LogP contribution in [0.5, 0.6) is 5.88 Å². The van der Waals surface area contributed by atoms with E-state index in [1.165, 1.54) is 25.4 Å². The van der Waals surface area contributed by atoms with Gasteiger partial charge in [-0.2, -0.15) is 13.2 Å². The van der Waals surface area contributed by atoms with Gasteiger partial charge in [0.05, 0.1) is 18.6 Å². The lowest BCUT2D eigenvalue weighted by molar-refractivity contribution is -0.154. The first-order valence-corrected chi connectivity index (χ1v) is 7.33. The highest BCUT2D eigenvalue weighted by Gasteiger charge is 2.29. The zero-order valence-corrected chi connectivity index (χ0v) is 13.0. The molecule has 0 aliphatic carbocycles. The van der Waals surface area contributed by atoms with Crippen LogP contribution in [0.15, 0.2) is 18.3 Å². The van der Waals surface area contributed by atoms with Crippen LogP contribution in [0.25, 0.3) is 0 Å². The predicted molar refractivity (Wildman–Crippen MR) is 76.4 cm³/mol. The third-order valence-corrected chi connectivity index (χ3v) is 3.68. The number of methoxy groups -OCH3 is 1. The number of aromatic nitrogens is 1. The van der Waals surface area contributed by atoms with Crippen molar-refractivity contribution in [3.63, 3.8) is 0 Å². The van der Waals surface area contributed by atoms with E-state index in [9.17, 15) is 22.8 Å². The van der Waals surface area contributed by atoms with Gasteiger partial charge in [-0.25, -0.2) is 4.98 Å². The van der Waals surface area contributed by atoms with Gasteiger partial charge in [-0.1, -0.05) is 0 Å². The number of hydrogen-bond donors (Lipinski definition) is 0. The number of nitrogens with zero attached hydrogens (tertiary/aromatic N) is 2. The summed E-state index contributed by atoms with van der Waals surface area (Å²) in [6.07, 6.45) is -2.24. The van der Waals surface area contributed by atoms with Gasteiger partial charge in [0.15, 0.2) is 6.61 Å². The molecule has 1 amide bonds. The van der Waals surface area contributed by atoms with Crippen LogP contribution in [-0.2, 0) is 9.53 Å². The molecule has 132 valence electrons. The van der Waals surface area contributed by atoms with Gasteiger partial charge >= 0.3 is 12.1 Å². The van der Waals surface area contributed by atoms with E-state index >= 15 is 0 Å². The molecule has 1 saturated heterocycles. The minimum Gasteiger partial charge on any atom is -0.469 e. The summed E-state index contributed by atoms with van der Waals surface area (Å²) in [5, 5.41) is 0. The molecule has 9 heteroatoms. The van der Waals surface area contributed by atoms with Crippen molar-refractivity contribution in [2.45, 2.75) is 19.0 Å². The van der Waals surface area contributed by atoms with E-state index in [2.05, 4.69) is 14.5 Å². The maximum absolute atomic E-state index is 12.3. The maximum Gasteiger partial charge on any atom is 0.422 e. The summed E-state index contributed by atoms with van der Waals surface area (Å²) in [6.45, 7) is -0.621. The molecule has 0 bridgehead atoms. The Kier molecular flexibility index (Phi) is 5.63. The van der Waals surface area contributed by atoms with Crippen LogP contribution < -0.4 is 4.74 Å². The molecule has 2 heterocycles. The smallest absolute Gasteiger partial charge is 0.422 e. The van der Waals surface area contributed by atoms with Gasteiger partial charge in [-0.15, -0.1) is 0 Å². The lowest BCUT2D eigenvalue weighted by Crippen LogP contribution is -2.40. The molecule has 6 nitrogen and oxygen atoms in total. The number of piperidine rings is 1. The number of ether oxygens (including phenoxy) is 2. The van der Waals surface area contributed by atoms with Gasteiger partial charge in [0.2, 0.25) is 5.88 Å². The average molecular weight is 346 g/mol. The van der Waals surface area contributed by atoms with E-state index < -0.39 is 12.8 Å². The molecule has 0 aromatic carbocycles. The maximum atomic E-state index is 12.3. The first-order valence-electron chi connectivity index (χ1n) is 7.33. The highest BCUT2D eigenvalue weighted by Crippen LogP contribution is 2.21. The Morgan fingerprint density at radius 3 is 2.46 bits per heavy atom. The lowest BCUT2D eigenvalue weighted by atomic mass is 9.96. The number of alkyl halides is 3. The number of rotatable bonds is 4. The monoisotopic (exact) mass is 346 g/mol. The SMILES string of the molecule is COC(=O)C1CCN(C(=O)c2ccc(OCC(F)(F)F)nc2)CC1. The summed E-state index contributed by atoms with van der Waals surface area (Å²) >= 11 is 0. The topological polar surface area (TPSA) is 68.7 Å². The first kappa shape index (κ1) is 18.0. The van der Waals surface area contributed by atoms with E-state index in [0.29, 0.717) is 25.9 Å². The van der Waals surface area contributed by atoms with Crippen molar-refractivity contribution in [2.75, 3.05) is 26.8 Å². The number of halogens is 3. The highest BCUT2D eigenvalue weighted by molar-refractivity contribution is 5.94. The molecule has 1 aromatic rings. The second-order valence-corrected chi connectivity index (χ2v) is 5.38. The summed E-state index contributed by atoms with van der Waals surface area (Å²) in [6, 6.07) is 2.59. The number of esters is 1. The van der Waals surface area contributed by atoms with Crippen molar-refractivity contribution in [2.24, 2.45) is 5.92 Å². The molecular formula is C15H17F3N2O4. The van der Waals surface area contributed by atoms with Gasteiger partial charge in [0, 0.05) is 25.4 Å². The van der Waals surface area contributed by atoms with E-state index in [1.807, 2.05) is 0 Å². The van der Waals surface area contributed by atoms with Crippen molar-refractivity contribution in [1.29, 1.82) is 0 Å². The van der Waals surface area contributed by atoms with Crippen molar-refractivity contribution in [3.8, 4) is 5.88 Å². The summed E-state index contributed by atoms with van der Waals surface area (Å²) in [5.41, 5.74) is 0.255. The summed E-state index contributed by atoms with van der Waals surface area (Å²) in [4.78, 5) is 29.1. The van der Waals surface area contributed by atoms with Gasteiger partial charge in [0.1, 0.15) is 0 Å². The van der Waals surface area contributed by atoms with E-state index in [-0.39, 0.29) is 29.2 Å². The van der Waals surface area contributed by atoms with Crippen molar-refractivity contribution >= 4 is 11.9 Å². The third kappa shape index (κ3) is 4.84. The Hall–Kier alpha value is -2.32. The van der Waals surface area contributed by atoms with Crippen molar-refractivity contribution in [3.05, 3.63) is 23.9 Å². The average Bonchev–Trinajstić information content (AvgIpc) is 2.58. The van der Waals surface area contributed by atoms with E-state index in [0.717, 1.165) is 0 Å². The molecule has 1 aromatic heterocycles. The largest absolute Gasteiger partial charge is 0.469 e. The fraction of sp³-hybridized carbons (Fsp3) is 0.533. The van der Waals surface area contributed by atoms with Gasteiger partial charge in [0.25, 0.3) is 5.91 Å². The van der Waals surface area contributed by atoms with Crippen LogP contribution in [0.3, 0.4) is 0 Å². The lowest BCUT2D eigenvalue weighted by Gasteiger charge is -2.30. The fourth-order valence-corrected chi connectivity index (χ4v) is 2.42. The predicted octanol–water partition coefficient (Wildman–Crippen LogP) is 2.05. The first-order chi connectivity index (χ1) is 11.3. The Morgan fingerprint density at radius 2 is 1.96 bits per heavy atom. The quantitative estimate of drug-likeness (QED) is 0.781. The molecule has 0 atom stereocenters. The molecule has 24 heavy (non-hydrogen) atoms. The van der Waals surface area contributed by atoms with Crippen LogP contribution >= 0.6 is 0 Å². The van der Waals surface area contributed by atoms with Crippen LogP contribution in [0.1, 0.15) is 23.2 Å². The minimum absolute atomic E-state index is 0.201. The molecule has 0 N–H and O–H groups in total. The normalized spacial score (nSPS) is 15.9. The summed E-state index contributed by atoms with van der Waals surface area (Å²) in [5.74, 6) is -0.980. The van der Waals surface area contributed by atoms with Gasteiger partial charge in [-0.3, -0.25) is 9.59 Å².